The minimum absolute atomic E-state index is 0.0551. The molecule has 1 atom stereocenters. The van der Waals surface area contributed by atoms with Crippen LogP contribution >= 0.6 is 7.60 Å². The molecule has 0 unspecified atom stereocenters. The molecule has 0 saturated carbocycles. The smallest absolute Gasteiger partial charge is 0.407 e. The van der Waals surface area contributed by atoms with Crippen LogP contribution in [0.4, 0.5) is 4.79 Å². The van der Waals surface area contributed by atoms with Crippen molar-refractivity contribution >= 4 is 19.5 Å². The predicted octanol–water partition coefficient (Wildman–Crippen LogP) is 5.32. The average Bonchev–Trinajstić information content (AvgIpc) is 3.70. The molecule has 0 aliphatic carbocycles. The topological polar surface area (TPSA) is 145 Å². The van der Waals surface area contributed by atoms with Crippen LogP contribution in [-0.4, -0.2) is 62.8 Å². The zero-order valence-electron chi connectivity index (χ0n) is 24.5. The molecule has 1 fully saturated rings. The summed E-state index contributed by atoms with van der Waals surface area (Å²) in [4.78, 5) is 29.4. The van der Waals surface area contributed by atoms with Crippen molar-refractivity contribution in [1.82, 2.24) is 10.3 Å². The van der Waals surface area contributed by atoms with Gasteiger partial charge in [-0.3, -0.25) is 9.36 Å². The van der Waals surface area contributed by atoms with E-state index in [1.165, 1.54) is 6.39 Å². The van der Waals surface area contributed by atoms with E-state index in [1.54, 1.807) is 45.4 Å². The number of methoxy groups -OCH3 is 1. The SMILES string of the molecule is CCOP(=O)(COc1cc(CNC(=O)O[C@H]2CCOC2)cc(CC(=O)Cc2ccc(-c3cnco3)c(OC)c2)c1)OCC. The molecule has 1 amide bonds. The molecule has 2 heterocycles. The number of ether oxygens (including phenoxy) is 4. The number of aromatic nitrogens is 1. The van der Waals surface area contributed by atoms with E-state index in [1.807, 2.05) is 18.2 Å². The Labute approximate surface area is 250 Å². The van der Waals surface area contributed by atoms with Gasteiger partial charge in [0.05, 0.1) is 45.3 Å². The Hall–Kier alpha value is -3.70. The van der Waals surface area contributed by atoms with Gasteiger partial charge in [0.2, 0.25) is 0 Å². The largest absolute Gasteiger partial charge is 0.496 e. The van der Waals surface area contributed by atoms with Gasteiger partial charge in [-0.25, -0.2) is 9.78 Å². The van der Waals surface area contributed by atoms with Gasteiger partial charge in [0.15, 0.2) is 18.5 Å². The zero-order chi connectivity index (χ0) is 30.7. The molecule has 0 spiro atoms. The highest BCUT2D eigenvalue weighted by molar-refractivity contribution is 7.53. The second-order valence-corrected chi connectivity index (χ2v) is 11.7. The van der Waals surface area contributed by atoms with Gasteiger partial charge >= 0.3 is 13.7 Å². The van der Waals surface area contributed by atoms with Gasteiger partial charge in [-0.15, -0.1) is 0 Å². The molecule has 1 N–H and O–H groups in total. The van der Waals surface area contributed by atoms with Gasteiger partial charge in [-0.05, 0) is 54.8 Å². The summed E-state index contributed by atoms with van der Waals surface area (Å²) in [6, 6.07) is 10.7. The van der Waals surface area contributed by atoms with Crippen LogP contribution < -0.4 is 14.8 Å². The van der Waals surface area contributed by atoms with E-state index in [2.05, 4.69) is 10.3 Å². The van der Waals surface area contributed by atoms with E-state index in [9.17, 15) is 14.2 Å². The van der Waals surface area contributed by atoms with Gasteiger partial charge in [-0.2, -0.15) is 0 Å². The molecule has 1 aliphatic heterocycles. The maximum absolute atomic E-state index is 13.2. The van der Waals surface area contributed by atoms with Crippen molar-refractivity contribution in [3.63, 3.8) is 0 Å². The number of hydrogen-bond donors (Lipinski definition) is 1. The van der Waals surface area contributed by atoms with Crippen molar-refractivity contribution in [2.24, 2.45) is 0 Å². The quantitative estimate of drug-likeness (QED) is 0.209. The fourth-order valence-electron chi connectivity index (χ4n) is 4.56. The van der Waals surface area contributed by atoms with Gasteiger partial charge in [0.1, 0.15) is 23.4 Å². The molecule has 2 aromatic carbocycles. The molecule has 1 aliphatic rings. The Balaban J connectivity index is 1.47. The van der Waals surface area contributed by atoms with E-state index >= 15 is 0 Å². The highest BCUT2D eigenvalue weighted by atomic mass is 31.2. The number of hydrogen-bond acceptors (Lipinski definition) is 11. The normalized spacial score (nSPS) is 14.8. The first-order chi connectivity index (χ1) is 20.8. The second kappa shape index (κ2) is 15.7. The third-order valence-electron chi connectivity index (χ3n) is 6.43. The van der Waals surface area contributed by atoms with Gasteiger partial charge in [-0.1, -0.05) is 12.1 Å². The fourth-order valence-corrected chi connectivity index (χ4v) is 5.88. The van der Waals surface area contributed by atoms with Crippen LogP contribution in [0.25, 0.3) is 11.3 Å². The summed E-state index contributed by atoms with van der Waals surface area (Å²) in [5.41, 5.74) is 2.83. The van der Waals surface area contributed by atoms with E-state index in [4.69, 9.17) is 32.4 Å². The van der Waals surface area contributed by atoms with Crippen molar-refractivity contribution < 1.29 is 46.6 Å². The number of alkyl carbamates (subject to hydrolysis) is 1. The number of rotatable bonds is 16. The van der Waals surface area contributed by atoms with Crippen molar-refractivity contribution in [2.45, 2.75) is 45.8 Å². The molecule has 3 aromatic rings. The van der Waals surface area contributed by atoms with E-state index in [-0.39, 0.29) is 50.8 Å². The van der Waals surface area contributed by atoms with E-state index in [0.29, 0.717) is 48.0 Å². The van der Waals surface area contributed by atoms with Crippen LogP contribution in [0.3, 0.4) is 0 Å². The van der Waals surface area contributed by atoms with Crippen LogP contribution in [0.1, 0.15) is 37.0 Å². The molecule has 0 radical (unpaired) electrons. The summed E-state index contributed by atoms with van der Waals surface area (Å²) in [6.07, 6.45) is 2.68. The lowest BCUT2D eigenvalue weighted by atomic mass is 9.99. The lowest BCUT2D eigenvalue weighted by Gasteiger charge is -2.18. The molecule has 1 aromatic heterocycles. The summed E-state index contributed by atoms with van der Waals surface area (Å²) >= 11 is 0. The molecule has 0 bridgehead atoms. The Morgan fingerprint density at radius 3 is 2.49 bits per heavy atom. The van der Waals surface area contributed by atoms with Gasteiger partial charge < -0.3 is 37.7 Å². The lowest BCUT2D eigenvalue weighted by Crippen LogP contribution is -2.28. The summed E-state index contributed by atoms with van der Waals surface area (Å²) in [6.45, 7) is 4.88. The monoisotopic (exact) mass is 616 g/mol. The third kappa shape index (κ3) is 9.65. The highest BCUT2D eigenvalue weighted by Crippen LogP contribution is 2.48. The number of carbonyl (C=O) groups is 2. The maximum Gasteiger partial charge on any atom is 0.407 e. The van der Waals surface area contributed by atoms with Crippen LogP contribution in [0.2, 0.25) is 0 Å². The fraction of sp³-hybridized carbons (Fsp3) is 0.433. The van der Waals surface area contributed by atoms with Crippen molar-refractivity contribution in [3.05, 3.63) is 65.7 Å². The molecule has 43 heavy (non-hydrogen) atoms. The van der Waals surface area contributed by atoms with Crippen molar-refractivity contribution in [1.29, 1.82) is 0 Å². The van der Waals surface area contributed by atoms with Crippen molar-refractivity contribution in [3.8, 4) is 22.8 Å². The number of oxazole rings is 1. The van der Waals surface area contributed by atoms with E-state index < -0.39 is 13.7 Å². The number of ketones is 1. The van der Waals surface area contributed by atoms with Crippen molar-refractivity contribution in [2.75, 3.05) is 39.9 Å². The lowest BCUT2D eigenvalue weighted by molar-refractivity contribution is -0.117. The summed E-state index contributed by atoms with van der Waals surface area (Å²) in [5, 5.41) is 2.73. The first-order valence-corrected chi connectivity index (χ1v) is 15.8. The maximum atomic E-state index is 13.2. The Morgan fingerprint density at radius 1 is 1.05 bits per heavy atom. The number of carbonyl (C=O) groups excluding carboxylic acids is 2. The summed E-state index contributed by atoms with van der Waals surface area (Å²) in [7, 11) is -1.93. The number of nitrogens with one attached hydrogen (secondary N) is 1. The predicted molar refractivity (Wildman–Crippen MR) is 156 cm³/mol. The van der Waals surface area contributed by atoms with Crippen LogP contribution in [0, 0.1) is 0 Å². The summed E-state index contributed by atoms with van der Waals surface area (Å²) in [5.74, 6) is 1.43. The van der Waals surface area contributed by atoms with Crippen LogP contribution in [0.5, 0.6) is 11.5 Å². The van der Waals surface area contributed by atoms with E-state index in [0.717, 1.165) is 11.1 Å². The number of Topliss-reactive ketones (excluding diaryl/α,β-unsaturated/α-hetero) is 1. The molecular weight excluding hydrogens is 579 g/mol. The summed E-state index contributed by atoms with van der Waals surface area (Å²) < 4.78 is 50.9. The minimum atomic E-state index is -3.48. The molecule has 12 nitrogen and oxygen atoms in total. The Bertz CT molecular complexity index is 1400. The standard InChI is InChI=1S/C30H37N2O10P/c1-4-40-43(35,41-5-2)20-39-26-13-22(10-23(14-26)16-32-30(34)42-25-8-9-37-18-25)12-24(33)11-21-6-7-27(28(15-21)36-3)29-17-31-19-38-29/h6-7,10,13-15,17,19,25H,4-5,8-9,11-12,16,18,20H2,1-3H3,(H,32,34)/t25-/m0/s1. The number of benzene rings is 2. The molecular formula is C30H37N2O10P. The Morgan fingerprint density at radius 2 is 1.81 bits per heavy atom. The third-order valence-corrected chi connectivity index (χ3v) is 8.18. The number of amides is 1. The number of nitrogens with zero attached hydrogens (tertiary/aromatic N) is 1. The van der Waals surface area contributed by atoms with Crippen LogP contribution in [-0.2, 0) is 47.3 Å². The van der Waals surface area contributed by atoms with Gasteiger partial charge in [0.25, 0.3) is 0 Å². The Kier molecular flexibility index (Phi) is 11.7. The van der Waals surface area contributed by atoms with Gasteiger partial charge in [0, 0.05) is 25.8 Å². The van der Waals surface area contributed by atoms with Crippen LogP contribution in [0.15, 0.2) is 53.4 Å². The average molecular weight is 617 g/mol. The molecule has 1 saturated heterocycles. The first kappa shape index (κ1) is 32.2. The highest BCUT2D eigenvalue weighted by Gasteiger charge is 2.25. The first-order valence-electron chi connectivity index (χ1n) is 14.0. The zero-order valence-corrected chi connectivity index (χ0v) is 25.4. The second-order valence-electron chi connectivity index (χ2n) is 9.74. The molecule has 232 valence electrons. The minimum Gasteiger partial charge on any atom is -0.496 e. The molecule has 13 heteroatoms. The molecule has 4 rings (SSSR count).